The van der Waals surface area contributed by atoms with Gasteiger partial charge in [0.2, 0.25) is 0 Å². The van der Waals surface area contributed by atoms with E-state index in [0.29, 0.717) is 11.8 Å². The first kappa shape index (κ1) is 15.1. The van der Waals surface area contributed by atoms with Crippen LogP contribution in [-0.2, 0) is 0 Å². The maximum Gasteiger partial charge on any atom is 0.273 e. The molecule has 1 aromatic carbocycles. The Morgan fingerprint density at radius 1 is 1.00 bits per heavy atom. The lowest BCUT2D eigenvalue weighted by Gasteiger charge is -2.05. The summed E-state index contributed by atoms with van der Waals surface area (Å²) >= 11 is 0. The standard InChI is InChI=1S/C17H20N6/c1-11-6-7-12(2)16(8-11)10-18-23-15(5)19-20-17(23)22-14(4)9-13(3)21-22/h6-10H,1-5H3. The molecule has 118 valence electrons. The minimum Gasteiger partial charge on any atom is -0.202 e. The van der Waals surface area contributed by atoms with E-state index < -0.39 is 0 Å². The molecule has 0 unspecified atom stereocenters. The van der Waals surface area contributed by atoms with Gasteiger partial charge in [-0.3, -0.25) is 0 Å². The SMILES string of the molecule is Cc1ccc(C)c(C=Nn2c(C)nnc2-n2nc(C)cc2C)c1. The van der Waals surface area contributed by atoms with Gasteiger partial charge >= 0.3 is 0 Å². The third kappa shape index (κ3) is 2.92. The van der Waals surface area contributed by atoms with Crippen molar-refractivity contribution in [2.24, 2.45) is 5.10 Å². The second-order valence-corrected chi connectivity index (χ2v) is 5.80. The van der Waals surface area contributed by atoms with Crippen molar-refractivity contribution in [2.45, 2.75) is 34.6 Å². The Hall–Kier alpha value is -2.76. The summed E-state index contributed by atoms with van der Waals surface area (Å²) in [4.78, 5) is 0. The molecule has 2 heterocycles. The van der Waals surface area contributed by atoms with Crippen molar-refractivity contribution in [3.8, 4) is 5.95 Å². The molecule has 0 aliphatic rings. The van der Waals surface area contributed by atoms with Crippen molar-refractivity contribution in [1.29, 1.82) is 0 Å². The quantitative estimate of drug-likeness (QED) is 0.699. The fourth-order valence-electron chi connectivity index (χ4n) is 2.46. The van der Waals surface area contributed by atoms with Gasteiger partial charge < -0.3 is 0 Å². The minimum atomic E-state index is 0.592. The van der Waals surface area contributed by atoms with Crippen LogP contribution in [0.15, 0.2) is 29.4 Å². The number of hydrogen-bond donors (Lipinski definition) is 0. The smallest absolute Gasteiger partial charge is 0.202 e. The monoisotopic (exact) mass is 308 g/mol. The first-order chi connectivity index (χ1) is 11.0. The molecule has 0 N–H and O–H groups in total. The molecule has 0 spiro atoms. The van der Waals surface area contributed by atoms with E-state index >= 15 is 0 Å². The zero-order valence-electron chi connectivity index (χ0n) is 14.1. The molecule has 0 bridgehead atoms. The lowest BCUT2D eigenvalue weighted by Crippen LogP contribution is -2.08. The molecule has 6 nitrogen and oxygen atoms in total. The summed E-state index contributed by atoms with van der Waals surface area (Å²) in [6, 6.07) is 8.31. The molecular weight excluding hydrogens is 288 g/mol. The van der Waals surface area contributed by atoms with E-state index in [1.807, 2.05) is 33.1 Å². The van der Waals surface area contributed by atoms with Gasteiger partial charge in [0.05, 0.1) is 11.9 Å². The van der Waals surface area contributed by atoms with Crippen molar-refractivity contribution < 1.29 is 0 Å². The van der Waals surface area contributed by atoms with Crippen molar-refractivity contribution in [2.75, 3.05) is 0 Å². The Labute approximate surface area is 135 Å². The largest absolute Gasteiger partial charge is 0.273 e. The number of aryl methyl sites for hydroxylation is 5. The zero-order chi connectivity index (χ0) is 16.6. The summed E-state index contributed by atoms with van der Waals surface area (Å²) < 4.78 is 3.47. The topological polar surface area (TPSA) is 60.9 Å². The molecule has 2 aromatic heterocycles. The molecule has 0 aliphatic heterocycles. The Kier molecular flexibility index (Phi) is 3.82. The Morgan fingerprint density at radius 3 is 2.48 bits per heavy atom. The van der Waals surface area contributed by atoms with E-state index in [9.17, 15) is 0 Å². The van der Waals surface area contributed by atoms with Gasteiger partial charge in [-0.25, -0.2) is 4.68 Å². The average Bonchev–Trinajstić information content (AvgIpc) is 3.02. The molecule has 0 radical (unpaired) electrons. The lowest BCUT2D eigenvalue weighted by atomic mass is 10.1. The normalized spacial score (nSPS) is 11.5. The molecule has 6 heteroatoms. The van der Waals surface area contributed by atoms with Crippen LogP contribution in [0.1, 0.15) is 33.9 Å². The number of hydrogen-bond acceptors (Lipinski definition) is 4. The number of nitrogens with zero attached hydrogens (tertiary/aromatic N) is 6. The van der Waals surface area contributed by atoms with Crippen LogP contribution in [0, 0.1) is 34.6 Å². The molecule has 3 rings (SSSR count). The van der Waals surface area contributed by atoms with Crippen LogP contribution in [0.3, 0.4) is 0 Å². The molecule has 0 saturated heterocycles. The van der Waals surface area contributed by atoms with E-state index in [-0.39, 0.29) is 0 Å². The highest BCUT2D eigenvalue weighted by Gasteiger charge is 2.13. The molecular formula is C17H20N6. The van der Waals surface area contributed by atoms with Crippen LogP contribution in [-0.4, -0.2) is 30.9 Å². The number of rotatable bonds is 3. The van der Waals surface area contributed by atoms with Gasteiger partial charge in [-0.1, -0.05) is 23.8 Å². The number of benzene rings is 1. The first-order valence-corrected chi connectivity index (χ1v) is 7.53. The Morgan fingerprint density at radius 2 is 1.78 bits per heavy atom. The third-order valence-corrected chi connectivity index (χ3v) is 3.73. The summed E-state index contributed by atoms with van der Waals surface area (Å²) in [5.41, 5.74) is 5.40. The van der Waals surface area contributed by atoms with Gasteiger partial charge in [0, 0.05) is 5.69 Å². The van der Waals surface area contributed by atoms with Gasteiger partial charge in [-0.05, 0) is 51.8 Å². The molecule has 3 aromatic rings. The fourth-order valence-corrected chi connectivity index (χ4v) is 2.46. The van der Waals surface area contributed by atoms with Crippen molar-refractivity contribution >= 4 is 6.21 Å². The van der Waals surface area contributed by atoms with Crippen molar-refractivity contribution in [1.82, 2.24) is 24.7 Å². The van der Waals surface area contributed by atoms with Gasteiger partial charge in [0.1, 0.15) is 0 Å². The molecule has 0 fully saturated rings. The summed E-state index contributed by atoms with van der Waals surface area (Å²) in [7, 11) is 0. The van der Waals surface area contributed by atoms with E-state index in [1.165, 1.54) is 11.1 Å². The lowest BCUT2D eigenvalue weighted by molar-refractivity contribution is 0.708. The second kappa shape index (κ2) is 5.79. The Bertz CT molecular complexity index is 885. The average molecular weight is 308 g/mol. The van der Waals surface area contributed by atoms with E-state index in [0.717, 1.165) is 17.0 Å². The van der Waals surface area contributed by atoms with Gasteiger partial charge in [-0.2, -0.15) is 14.9 Å². The highest BCUT2D eigenvalue weighted by Crippen LogP contribution is 2.13. The van der Waals surface area contributed by atoms with Crippen molar-refractivity contribution in [3.05, 3.63) is 58.2 Å². The molecule has 0 aliphatic carbocycles. The summed E-state index contributed by atoms with van der Waals surface area (Å²) in [6.07, 6.45) is 1.84. The first-order valence-electron chi connectivity index (χ1n) is 7.53. The van der Waals surface area contributed by atoms with E-state index in [4.69, 9.17) is 0 Å². The molecule has 23 heavy (non-hydrogen) atoms. The third-order valence-electron chi connectivity index (χ3n) is 3.73. The van der Waals surface area contributed by atoms with E-state index in [1.54, 1.807) is 9.36 Å². The predicted octanol–water partition coefficient (Wildman–Crippen LogP) is 2.89. The maximum atomic E-state index is 4.57. The minimum absolute atomic E-state index is 0.592. The van der Waals surface area contributed by atoms with Crippen LogP contribution >= 0.6 is 0 Å². The summed E-state index contributed by atoms with van der Waals surface area (Å²) in [5.74, 6) is 1.31. The van der Waals surface area contributed by atoms with Gasteiger partial charge in [0.15, 0.2) is 5.82 Å². The Balaban J connectivity index is 2.04. The molecule has 0 saturated carbocycles. The van der Waals surface area contributed by atoms with Crippen LogP contribution in [0.2, 0.25) is 0 Å². The predicted molar refractivity (Wildman–Crippen MR) is 90.3 cm³/mol. The summed E-state index contributed by atoms with van der Waals surface area (Å²) in [5, 5.41) is 17.4. The molecule has 0 amide bonds. The highest BCUT2D eigenvalue weighted by molar-refractivity contribution is 5.81. The number of aromatic nitrogens is 5. The fraction of sp³-hybridized carbons (Fsp3) is 0.294. The van der Waals surface area contributed by atoms with Crippen LogP contribution < -0.4 is 0 Å². The van der Waals surface area contributed by atoms with Gasteiger partial charge in [-0.15, -0.1) is 10.2 Å². The van der Waals surface area contributed by atoms with Crippen LogP contribution in [0.5, 0.6) is 0 Å². The van der Waals surface area contributed by atoms with E-state index in [2.05, 4.69) is 52.4 Å². The highest BCUT2D eigenvalue weighted by atomic mass is 15.5. The summed E-state index contributed by atoms with van der Waals surface area (Å²) in [6.45, 7) is 9.96. The zero-order valence-corrected chi connectivity index (χ0v) is 14.1. The maximum absolute atomic E-state index is 4.57. The van der Waals surface area contributed by atoms with Gasteiger partial charge in [0.25, 0.3) is 5.95 Å². The van der Waals surface area contributed by atoms with Crippen molar-refractivity contribution in [3.63, 3.8) is 0 Å². The van der Waals surface area contributed by atoms with Crippen LogP contribution in [0.25, 0.3) is 5.95 Å². The molecule has 0 atom stereocenters. The van der Waals surface area contributed by atoms with Crippen LogP contribution in [0.4, 0.5) is 0 Å². The second-order valence-electron chi connectivity index (χ2n) is 5.80.